The standard InChI is InChI=1S/C16F6O7/c17-5-1-3(15(25)28-13(1)23)7(19)11(9(5)21)27-12-8(20)4-2(6(18)10(12)22)14(24)29-16(4)26. The van der Waals surface area contributed by atoms with E-state index in [-0.39, 0.29) is 0 Å². The van der Waals surface area contributed by atoms with E-state index in [1.54, 1.807) is 0 Å². The number of fused-ring (bicyclic) bond motifs is 2. The zero-order valence-electron chi connectivity index (χ0n) is 13.1. The van der Waals surface area contributed by atoms with Crippen molar-refractivity contribution in [3.8, 4) is 11.5 Å². The predicted molar refractivity (Wildman–Crippen MR) is 72.2 cm³/mol. The van der Waals surface area contributed by atoms with Crippen LogP contribution in [-0.2, 0) is 9.47 Å². The van der Waals surface area contributed by atoms with Crippen LogP contribution in [0.2, 0.25) is 0 Å². The van der Waals surface area contributed by atoms with Crippen LogP contribution in [0.25, 0.3) is 0 Å². The van der Waals surface area contributed by atoms with Crippen LogP contribution < -0.4 is 4.74 Å². The van der Waals surface area contributed by atoms with Crippen molar-refractivity contribution in [2.24, 2.45) is 0 Å². The molecule has 7 nitrogen and oxygen atoms in total. The van der Waals surface area contributed by atoms with Crippen LogP contribution in [0.5, 0.6) is 11.5 Å². The Balaban J connectivity index is 1.96. The van der Waals surface area contributed by atoms with Gasteiger partial charge in [-0.3, -0.25) is 0 Å². The van der Waals surface area contributed by atoms with E-state index in [1.165, 1.54) is 0 Å². The van der Waals surface area contributed by atoms with Crippen molar-refractivity contribution in [2.75, 3.05) is 0 Å². The van der Waals surface area contributed by atoms with Gasteiger partial charge in [-0.25, -0.2) is 36.7 Å². The number of halogens is 6. The summed E-state index contributed by atoms with van der Waals surface area (Å²) in [5.41, 5.74) is -5.71. The number of cyclic esters (lactones) is 4. The summed E-state index contributed by atoms with van der Waals surface area (Å²) in [4.78, 5) is 45.5. The molecular formula is C16F6O7. The fraction of sp³-hybridized carbons (Fsp3) is 0. The quantitative estimate of drug-likeness (QED) is 0.320. The zero-order chi connectivity index (χ0) is 21.4. The lowest BCUT2D eigenvalue weighted by Gasteiger charge is -2.13. The molecular weight excluding hydrogens is 418 g/mol. The second-order valence-corrected chi connectivity index (χ2v) is 5.50. The van der Waals surface area contributed by atoms with Crippen molar-refractivity contribution in [1.82, 2.24) is 0 Å². The van der Waals surface area contributed by atoms with E-state index in [0.29, 0.717) is 0 Å². The van der Waals surface area contributed by atoms with Crippen LogP contribution in [0, 0.1) is 34.9 Å². The third-order valence-corrected chi connectivity index (χ3v) is 3.95. The van der Waals surface area contributed by atoms with Gasteiger partial charge in [0.1, 0.15) is 22.3 Å². The van der Waals surface area contributed by atoms with E-state index in [4.69, 9.17) is 0 Å². The SMILES string of the molecule is O=C1OC(=O)c2c(F)c(Oc3c(F)c(F)c4c(c3F)C(=O)OC4=O)c(F)c(F)c21. The van der Waals surface area contributed by atoms with Crippen LogP contribution >= 0.6 is 0 Å². The highest BCUT2D eigenvalue weighted by Crippen LogP contribution is 2.41. The summed E-state index contributed by atoms with van der Waals surface area (Å²) in [6, 6.07) is 0. The lowest BCUT2D eigenvalue weighted by Crippen LogP contribution is -2.10. The Morgan fingerprint density at radius 3 is 1.03 bits per heavy atom. The van der Waals surface area contributed by atoms with Crippen LogP contribution in [0.1, 0.15) is 41.4 Å². The lowest BCUT2D eigenvalue weighted by molar-refractivity contribution is 0.0422. The summed E-state index contributed by atoms with van der Waals surface area (Å²) in [5, 5.41) is 0. The molecule has 2 aromatic carbocycles. The molecule has 4 rings (SSSR count). The summed E-state index contributed by atoms with van der Waals surface area (Å²) >= 11 is 0. The van der Waals surface area contributed by atoms with Gasteiger partial charge in [-0.05, 0) is 0 Å². The molecule has 0 bridgehead atoms. The highest BCUT2D eigenvalue weighted by atomic mass is 19.2. The Bertz CT molecular complexity index is 1130. The second-order valence-electron chi connectivity index (χ2n) is 5.50. The van der Waals surface area contributed by atoms with Gasteiger partial charge in [-0.2, -0.15) is 8.78 Å². The molecule has 0 aromatic heterocycles. The van der Waals surface area contributed by atoms with Gasteiger partial charge in [-0.15, -0.1) is 0 Å². The van der Waals surface area contributed by atoms with E-state index in [1.807, 2.05) is 0 Å². The Kier molecular flexibility index (Phi) is 3.69. The minimum atomic E-state index is -2.31. The minimum Gasteiger partial charge on any atom is -0.445 e. The topological polar surface area (TPSA) is 96.0 Å². The van der Waals surface area contributed by atoms with E-state index in [0.717, 1.165) is 0 Å². The first-order chi connectivity index (χ1) is 13.6. The predicted octanol–water partition coefficient (Wildman–Crippen LogP) is 2.93. The largest absolute Gasteiger partial charge is 0.445 e. The first kappa shape index (κ1) is 18.5. The second kappa shape index (κ2) is 5.80. The Morgan fingerprint density at radius 1 is 0.448 bits per heavy atom. The van der Waals surface area contributed by atoms with E-state index < -0.39 is 92.5 Å². The fourth-order valence-electron chi connectivity index (χ4n) is 2.70. The molecule has 0 spiro atoms. The maximum Gasteiger partial charge on any atom is 0.350 e. The van der Waals surface area contributed by atoms with Crippen molar-refractivity contribution < 1.29 is 59.7 Å². The molecule has 0 aliphatic carbocycles. The van der Waals surface area contributed by atoms with Crippen molar-refractivity contribution in [3.05, 3.63) is 57.2 Å². The molecule has 13 heteroatoms. The van der Waals surface area contributed by atoms with Gasteiger partial charge in [0.25, 0.3) is 0 Å². The zero-order valence-corrected chi connectivity index (χ0v) is 13.1. The monoisotopic (exact) mass is 418 g/mol. The van der Waals surface area contributed by atoms with Crippen LogP contribution in [0.15, 0.2) is 0 Å². The highest BCUT2D eigenvalue weighted by Gasteiger charge is 2.44. The first-order valence-corrected chi connectivity index (χ1v) is 7.18. The average Bonchev–Trinajstić information content (AvgIpc) is 3.12. The number of rotatable bonds is 2. The van der Waals surface area contributed by atoms with Gasteiger partial charge in [0, 0.05) is 0 Å². The summed E-state index contributed by atoms with van der Waals surface area (Å²) in [6.07, 6.45) is 0. The highest BCUT2D eigenvalue weighted by molar-refractivity contribution is 6.16. The molecule has 2 aliphatic heterocycles. The molecule has 2 aromatic rings. The number of ether oxygens (including phenoxy) is 3. The molecule has 0 radical (unpaired) electrons. The number of carbonyl (C=O) groups excluding carboxylic acids is 4. The molecule has 2 heterocycles. The number of carbonyl (C=O) groups is 4. The molecule has 148 valence electrons. The maximum absolute atomic E-state index is 14.4. The normalized spacial score (nSPS) is 14.7. The van der Waals surface area contributed by atoms with Gasteiger partial charge < -0.3 is 14.2 Å². The van der Waals surface area contributed by atoms with Gasteiger partial charge in [0.05, 0.1) is 0 Å². The van der Waals surface area contributed by atoms with Crippen molar-refractivity contribution in [3.63, 3.8) is 0 Å². The van der Waals surface area contributed by atoms with Crippen LogP contribution in [0.4, 0.5) is 26.3 Å². The molecule has 0 atom stereocenters. The smallest absolute Gasteiger partial charge is 0.350 e. The average molecular weight is 418 g/mol. The molecule has 0 fully saturated rings. The molecule has 29 heavy (non-hydrogen) atoms. The van der Waals surface area contributed by atoms with Gasteiger partial charge in [-0.1, -0.05) is 0 Å². The molecule has 0 N–H and O–H groups in total. The summed E-state index contributed by atoms with van der Waals surface area (Å²) in [6.45, 7) is 0. The van der Waals surface area contributed by atoms with E-state index in [9.17, 15) is 45.5 Å². The first-order valence-electron chi connectivity index (χ1n) is 7.18. The van der Waals surface area contributed by atoms with E-state index in [2.05, 4.69) is 14.2 Å². The van der Waals surface area contributed by atoms with Gasteiger partial charge >= 0.3 is 23.9 Å². The summed E-state index contributed by atoms with van der Waals surface area (Å²) in [7, 11) is 0. The summed E-state index contributed by atoms with van der Waals surface area (Å²) in [5.74, 6) is -23.9. The summed E-state index contributed by atoms with van der Waals surface area (Å²) < 4.78 is 97.3. The number of esters is 4. The molecule has 0 amide bonds. The van der Waals surface area contributed by atoms with Crippen LogP contribution in [0.3, 0.4) is 0 Å². The maximum atomic E-state index is 14.4. The molecule has 0 unspecified atom stereocenters. The minimum absolute atomic E-state index is 1.42. The van der Waals surface area contributed by atoms with E-state index >= 15 is 0 Å². The number of hydrogen-bond donors (Lipinski definition) is 0. The van der Waals surface area contributed by atoms with Crippen molar-refractivity contribution >= 4 is 23.9 Å². The van der Waals surface area contributed by atoms with Gasteiger partial charge in [0.15, 0.2) is 23.3 Å². The lowest BCUT2D eigenvalue weighted by atomic mass is 10.1. The fourth-order valence-corrected chi connectivity index (χ4v) is 2.70. The van der Waals surface area contributed by atoms with Crippen molar-refractivity contribution in [1.29, 1.82) is 0 Å². The third-order valence-electron chi connectivity index (χ3n) is 3.95. The molecule has 0 saturated carbocycles. The Morgan fingerprint density at radius 2 is 0.724 bits per heavy atom. The molecule has 2 aliphatic rings. The van der Waals surface area contributed by atoms with Crippen LogP contribution in [-0.4, -0.2) is 23.9 Å². The number of benzene rings is 2. The number of hydrogen-bond acceptors (Lipinski definition) is 7. The Hall–Kier alpha value is -3.90. The molecule has 0 saturated heterocycles. The third kappa shape index (κ3) is 2.26. The Labute approximate surface area is 153 Å². The van der Waals surface area contributed by atoms with Gasteiger partial charge in [0.2, 0.25) is 23.1 Å². The van der Waals surface area contributed by atoms with Crippen molar-refractivity contribution in [2.45, 2.75) is 0 Å².